The summed E-state index contributed by atoms with van der Waals surface area (Å²) in [5, 5.41) is 10.1. The number of carbonyl (C=O) groups is 2. The molecule has 5 rings (SSSR count). The number of ketones is 2. The molecule has 3 nitrogen and oxygen atoms in total. The van der Waals surface area contributed by atoms with Crippen LogP contribution in [0.1, 0.15) is 80.1 Å². The van der Waals surface area contributed by atoms with Crippen LogP contribution in [0, 0.1) is 33.5 Å². The third-order valence-electron chi connectivity index (χ3n) is 10.3. The first-order valence-electron chi connectivity index (χ1n) is 12.4. The smallest absolute Gasteiger partial charge is 0.228 e. The van der Waals surface area contributed by atoms with E-state index in [1.807, 2.05) is 6.92 Å². The Morgan fingerprint density at radius 1 is 1.03 bits per heavy atom. The van der Waals surface area contributed by atoms with Gasteiger partial charge in [0.05, 0.1) is 0 Å². The zero-order valence-corrected chi connectivity index (χ0v) is 20.6. The summed E-state index contributed by atoms with van der Waals surface area (Å²) in [6.45, 7) is 13.7. The summed E-state index contributed by atoms with van der Waals surface area (Å²) in [6, 6.07) is 0. The normalized spacial score (nSPS) is 45.8. The Kier molecular flexibility index (Phi) is 4.59. The van der Waals surface area contributed by atoms with Gasteiger partial charge < -0.3 is 5.11 Å². The molecular formula is C29H38O3. The quantitative estimate of drug-likeness (QED) is 0.318. The fourth-order valence-electron chi connectivity index (χ4n) is 8.07. The van der Waals surface area contributed by atoms with Crippen molar-refractivity contribution in [1.82, 2.24) is 0 Å². The fraction of sp³-hybridized carbons (Fsp3) is 0.655. The molecule has 0 radical (unpaired) electrons. The molecule has 172 valence electrons. The second-order valence-electron chi connectivity index (χ2n) is 12.6. The number of hydrogen-bond donors (Lipinski definition) is 1. The Morgan fingerprint density at radius 2 is 1.72 bits per heavy atom. The van der Waals surface area contributed by atoms with E-state index in [0.717, 1.165) is 36.8 Å². The molecule has 5 aliphatic carbocycles. The van der Waals surface area contributed by atoms with Crippen LogP contribution < -0.4 is 0 Å². The molecule has 32 heavy (non-hydrogen) atoms. The van der Waals surface area contributed by atoms with E-state index in [1.165, 1.54) is 18.4 Å². The molecule has 0 heterocycles. The molecule has 0 bridgehead atoms. The second-order valence-corrected chi connectivity index (χ2v) is 12.6. The van der Waals surface area contributed by atoms with Crippen LogP contribution in [0.2, 0.25) is 0 Å². The maximum absolute atomic E-state index is 12.6. The van der Waals surface area contributed by atoms with Gasteiger partial charge in [0.25, 0.3) is 0 Å². The molecule has 3 heteroatoms. The van der Waals surface area contributed by atoms with Crippen LogP contribution in [0.4, 0.5) is 0 Å². The third kappa shape index (κ3) is 2.70. The van der Waals surface area contributed by atoms with Crippen molar-refractivity contribution in [2.24, 2.45) is 33.5 Å². The zero-order valence-electron chi connectivity index (χ0n) is 20.6. The van der Waals surface area contributed by atoms with E-state index < -0.39 is 0 Å². The molecule has 0 spiro atoms. The van der Waals surface area contributed by atoms with Gasteiger partial charge in [-0.25, -0.2) is 0 Å². The van der Waals surface area contributed by atoms with Crippen molar-refractivity contribution >= 4 is 11.6 Å². The van der Waals surface area contributed by atoms with Gasteiger partial charge in [0.15, 0.2) is 0 Å². The number of carbonyl (C=O) groups excluding carboxylic acids is 2. The van der Waals surface area contributed by atoms with Gasteiger partial charge in [0.1, 0.15) is 0 Å². The van der Waals surface area contributed by atoms with E-state index in [9.17, 15) is 14.7 Å². The van der Waals surface area contributed by atoms with Crippen molar-refractivity contribution in [3.63, 3.8) is 0 Å². The number of fused-ring (bicyclic) bond motifs is 7. The second kappa shape index (κ2) is 6.65. The van der Waals surface area contributed by atoms with Gasteiger partial charge in [0.2, 0.25) is 11.6 Å². The van der Waals surface area contributed by atoms with Gasteiger partial charge in [-0.15, -0.1) is 0 Å². The topological polar surface area (TPSA) is 54.4 Å². The molecular weight excluding hydrogens is 396 g/mol. The standard InChI is InChI=1S/C29H38O3/c1-17-13-23-28(5,20-14-22(31)25(32)18(2)24(17)20)8-7-19-21-15-26(3,16-30)9-10-27(21,4)11-12-29(19,23)6/h7,13-14,17,21,30H,8-12,15-16H2,1-6H3/t17?,21-,26+,27+,28-,29-/m0/s1. The van der Waals surface area contributed by atoms with Crippen molar-refractivity contribution in [2.45, 2.75) is 80.1 Å². The van der Waals surface area contributed by atoms with Crippen LogP contribution >= 0.6 is 0 Å². The molecule has 5 aliphatic rings. The number of allylic oxidation sites excluding steroid dienone is 8. The minimum absolute atomic E-state index is 0.00392. The first-order chi connectivity index (χ1) is 14.9. The predicted molar refractivity (Wildman–Crippen MR) is 127 cm³/mol. The molecule has 0 saturated heterocycles. The molecule has 0 aromatic rings. The largest absolute Gasteiger partial charge is 0.396 e. The van der Waals surface area contributed by atoms with Crippen LogP contribution in [0.15, 0.2) is 46.1 Å². The molecule has 1 N–H and O–H groups in total. The number of rotatable bonds is 1. The number of aliphatic hydroxyl groups is 1. The highest BCUT2D eigenvalue weighted by Gasteiger charge is 2.59. The van der Waals surface area contributed by atoms with Crippen LogP contribution in [0.3, 0.4) is 0 Å². The van der Waals surface area contributed by atoms with Crippen molar-refractivity contribution in [1.29, 1.82) is 0 Å². The fourth-order valence-corrected chi connectivity index (χ4v) is 8.07. The molecule has 0 aromatic carbocycles. The maximum atomic E-state index is 12.6. The monoisotopic (exact) mass is 434 g/mol. The van der Waals surface area contributed by atoms with E-state index in [0.29, 0.717) is 16.9 Å². The molecule has 0 amide bonds. The lowest BCUT2D eigenvalue weighted by Gasteiger charge is -2.62. The minimum Gasteiger partial charge on any atom is -0.396 e. The molecule has 0 aromatic heterocycles. The lowest BCUT2D eigenvalue weighted by atomic mass is 9.42. The minimum atomic E-state index is -0.363. The Hall–Kier alpha value is -1.74. The zero-order chi connectivity index (χ0) is 23.3. The third-order valence-corrected chi connectivity index (χ3v) is 10.3. The summed E-state index contributed by atoms with van der Waals surface area (Å²) in [5.74, 6) is -0.0682. The first-order valence-corrected chi connectivity index (χ1v) is 12.4. The lowest BCUT2D eigenvalue weighted by molar-refractivity contribution is -0.131. The van der Waals surface area contributed by atoms with Crippen molar-refractivity contribution < 1.29 is 14.7 Å². The predicted octanol–water partition coefficient (Wildman–Crippen LogP) is 5.90. The molecule has 2 fully saturated rings. The van der Waals surface area contributed by atoms with Crippen molar-refractivity contribution in [3.05, 3.63) is 46.1 Å². The van der Waals surface area contributed by atoms with Crippen LogP contribution in [-0.4, -0.2) is 23.3 Å². The van der Waals surface area contributed by atoms with Crippen molar-refractivity contribution in [3.8, 4) is 0 Å². The van der Waals surface area contributed by atoms with Gasteiger partial charge in [-0.3, -0.25) is 9.59 Å². The molecule has 1 unspecified atom stereocenters. The lowest BCUT2D eigenvalue weighted by Crippen LogP contribution is -2.52. The molecule has 0 aliphatic heterocycles. The van der Waals surface area contributed by atoms with Crippen LogP contribution in [-0.2, 0) is 9.59 Å². The van der Waals surface area contributed by atoms with E-state index in [-0.39, 0.29) is 40.3 Å². The number of hydrogen-bond acceptors (Lipinski definition) is 3. The average molecular weight is 435 g/mol. The summed E-state index contributed by atoms with van der Waals surface area (Å²) in [6.07, 6.45) is 13.1. The van der Waals surface area contributed by atoms with E-state index in [2.05, 4.69) is 46.8 Å². The first kappa shape index (κ1) is 22.1. The van der Waals surface area contributed by atoms with Gasteiger partial charge in [0, 0.05) is 28.9 Å². The summed E-state index contributed by atoms with van der Waals surface area (Å²) < 4.78 is 0. The van der Waals surface area contributed by atoms with Crippen LogP contribution in [0.25, 0.3) is 0 Å². The van der Waals surface area contributed by atoms with Gasteiger partial charge in [-0.05, 0) is 79.4 Å². The highest BCUT2D eigenvalue weighted by molar-refractivity contribution is 6.48. The maximum Gasteiger partial charge on any atom is 0.228 e. The van der Waals surface area contributed by atoms with E-state index in [4.69, 9.17) is 0 Å². The summed E-state index contributed by atoms with van der Waals surface area (Å²) >= 11 is 0. The summed E-state index contributed by atoms with van der Waals surface area (Å²) in [4.78, 5) is 25.0. The molecule has 6 atom stereocenters. The Morgan fingerprint density at radius 3 is 2.41 bits per heavy atom. The highest BCUT2D eigenvalue weighted by Crippen LogP contribution is 2.69. The van der Waals surface area contributed by atoms with Gasteiger partial charge in [-0.1, -0.05) is 57.9 Å². The Balaban J connectivity index is 1.66. The molecule has 2 saturated carbocycles. The van der Waals surface area contributed by atoms with Gasteiger partial charge in [-0.2, -0.15) is 0 Å². The summed E-state index contributed by atoms with van der Waals surface area (Å²) in [7, 11) is 0. The Bertz CT molecular complexity index is 1050. The Labute approximate surface area is 192 Å². The average Bonchev–Trinajstić information content (AvgIpc) is 2.75. The van der Waals surface area contributed by atoms with Crippen molar-refractivity contribution in [2.75, 3.05) is 6.61 Å². The van der Waals surface area contributed by atoms with E-state index >= 15 is 0 Å². The number of Topliss-reactive ketones (excluding diaryl/α,β-unsaturated/α-hetero) is 1. The van der Waals surface area contributed by atoms with Gasteiger partial charge >= 0.3 is 0 Å². The highest BCUT2D eigenvalue weighted by atomic mass is 16.3. The number of aliphatic hydroxyl groups excluding tert-OH is 1. The van der Waals surface area contributed by atoms with Crippen LogP contribution in [0.5, 0.6) is 0 Å². The SMILES string of the molecule is CC1=C2C(=CC(=O)C1=O)[C@]1(C)CC=C3[C@@H]4C[C@](C)(CO)CC[C@]4(C)CC[C@]3(C)C1=CC2C. The summed E-state index contributed by atoms with van der Waals surface area (Å²) in [5.41, 5.74) is 5.88. The van der Waals surface area contributed by atoms with E-state index in [1.54, 1.807) is 11.6 Å².